The van der Waals surface area contributed by atoms with Gasteiger partial charge in [-0.05, 0) is 62.1 Å². The van der Waals surface area contributed by atoms with Crippen LogP contribution in [0.15, 0.2) is 78.0 Å². The number of methoxy groups -OCH3 is 1. The fourth-order valence-electron chi connectivity index (χ4n) is 3.86. The molecule has 0 spiro atoms. The van der Waals surface area contributed by atoms with Crippen LogP contribution in [-0.2, 0) is 6.54 Å². The number of nitrogens with one attached hydrogen (secondary N) is 2. The average molecular weight is 562 g/mol. The second-order valence-electron chi connectivity index (χ2n) is 9.17. The fourth-order valence-corrected chi connectivity index (χ4v) is 4.07. The van der Waals surface area contributed by atoms with E-state index in [1.54, 1.807) is 53.1 Å². The number of phenols is 1. The predicted octanol–water partition coefficient (Wildman–Crippen LogP) is 4.34. The number of phenolic OH excluding ortho intramolecular Hbond substituents is 1. The molecule has 0 aliphatic heterocycles. The number of carbonyl (C=O) groups is 2. The summed E-state index contributed by atoms with van der Waals surface area (Å²) in [7, 11) is 5.37. The molecule has 2 amide bonds. The number of carbonyl (C=O) groups excluding carboxylic acids is 2. The topological polar surface area (TPSA) is 126 Å². The standard InChI is InChI=1S/C29H28ClN5O5/c1-34(2)12-13-35-17-31-16-23(29(35)39)18-4-6-19(7-5-18)28(38)33-26-24(14-21(30)15-25(26)36)32-27(37)20-8-10-22(40-3)11-9-20/h4-11,14-17,36H,12-13H2,1-3H3,(H,32,37)(H,33,38). The van der Waals surface area contributed by atoms with Crippen LogP contribution in [0.2, 0.25) is 5.02 Å². The highest BCUT2D eigenvalue weighted by Gasteiger charge is 2.18. The summed E-state index contributed by atoms with van der Waals surface area (Å²) in [5.41, 5.74) is 1.53. The number of amides is 2. The van der Waals surface area contributed by atoms with Gasteiger partial charge in [0.2, 0.25) is 0 Å². The monoisotopic (exact) mass is 561 g/mol. The first kappa shape index (κ1) is 28.3. The number of hydrogen-bond acceptors (Lipinski definition) is 7. The minimum absolute atomic E-state index is 0.0172. The highest BCUT2D eigenvalue weighted by Crippen LogP contribution is 2.36. The number of aromatic nitrogens is 2. The van der Waals surface area contributed by atoms with Gasteiger partial charge in [0.25, 0.3) is 17.4 Å². The molecule has 1 aromatic heterocycles. The summed E-state index contributed by atoms with van der Waals surface area (Å²) in [4.78, 5) is 45.0. The molecule has 0 radical (unpaired) electrons. The van der Waals surface area contributed by atoms with Gasteiger partial charge in [-0.3, -0.25) is 19.0 Å². The SMILES string of the molecule is COc1ccc(C(=O)Nc2cc(Cl)cc(O)c2NC(=O)c2ccc(-c3cncn(CCN(C)C)c3=O)cc2)cc1. The molecule has 0 aliphatic rings. The minimum Gasteiger partial charge on any atom is -0.506 e. The molecule has 206 valence electrons. The van der Waals surface area contributed by atoms with Gasteiger partial charge in [-0.25, -0.2) is 4.98 Å². The Morgan fingerprint density at radius 2 is 1.62 bits per heavy atom. The summed E-state index contributed by atoms with van der Waals surface area (Å²) < 4.78 is 6.66. The van der Waals surface area contributed by atoms with Crippen LogP contribution in [0.1, 0.15) is 20.7 Å². The van der Waals surface area contributed by atoms with E-state index in [1.165, 1.54) is 31.8 Å². The summed E-state index contributed by atoms with van der Waals surface area (Å²) >= 11 is 6.10. The average Bonchev–Trinajstić information content (AvgIpc) is 2.94. The van der Waals surface area contributed by atoms with Crippen LogP contribution >= 0.6 is 11.6 Å². The zero-order chi connectivity index (χ0) is 28.8. The molecule has 0 saturated carbocycles. The molecule has 0 bridgehead atoms. The second-order valence-corrected chi connectivity index (χ2v) is 9.61. The minimum atomic E-state index is -0.543. The Morgan fingerprint density at radius 3 is 2.25 bits per heavy atom. The Balaban J connectivity index is 1.54. The lowest BCUT2D eigenvalue weighted by atomic mass is 10.1. The van der Waals surface area contributed by atoms with Crippen LogP contribution in [0.4, 0.5) is 11.4 Å². The van der Waals surface area contributed by atoms with E-state index in [1.807, 2.05) is 19.0 Å². The molecular formula is C29H28ClN5O5. The van der Waals surface area contributed by atoms with Crippen molar-refractivity contribution in [2.24, 2.45) is 0 Å². The number of anilines is 2. The van der Waals surface area contributed by atoms with Crippen molar-refractivity contribution in [2.45, 2.75) is 6.54 Å². The molecule has 3 N–H and O–H groups in total. The first-order valence-electron chi connectivity index (χ1n) is 12.2. The third kappa shape index (κ3) is 6.66. The summed E-state index contributed by atoms with van der Waals surface area (Å²) in [6.07, 6.45) is 2.99. The van der Waals surface area contributed by atoms with Gasteiger partial charge in [0.05, 0.1) is 24.7 Å². The molecule has 3 aromatic carbocycles. The molecule has 0 atom stereocenters. The molecule has 0 unspecified atom stereocenters. The third-order valence-corrected chi connectivity index (χ3v) is 6.29. The Labute approximate surface area is 235 Å². The lowest BCUT2D eigenvalue weighted by Gasteiger charge is -2.15. The van der Waals surface area contributed by atoms with Crippen molar-refractivity contribution in [3.05, 3.63) is 99.7 Å². The van der Waals surface area contributed by atoms with E-state index in [2.05, 4.69) is 15.6 Å². The Kier molecular flexibility index (Phi) is 8.83. The maximum Gasteiger partial charge on any atom is 0.261 e. The molecular weight excluding hydrogens is 534 g/mol. The highest BCUT2D eigenvalue weighted by atomic mass is 35.5. The van der Waals surface area contributed by atoms with Gasteiger partial charge in [0, 0.05) is 41.5 Å². The number of ether oxygens (including phenoxy) is 1. The largest absolute Gasteiger partial charge is 0.506 e. The Bertz CT molecular complexity index is 1580. The molecule has 11 heteroatoms. The van der Waals surface area contributed by atoms with E-state index in [9.17, 15) is 19.5 Å². The number of hydrogen-bond donors (Lipinski definition) is 3. The summed E-state index contributed by atoms with van der Waals surface area (Å²) in [6, 6.07) is 15.5. The van der Waals surface area contributed by atoms with Crippen molar-refractivity contribution in [1.82, 2.24) is 14.5 Å². The zero-order valence-electron chi connectivity index (χ0n) is 22.1. The zero-order valence-corrected chi connectivity index (χ0v) is 22.9. The maximum absolute atomic E-state index is 13.1. The lowest BCUT2D eigenvalue weighted by molar-refractivity contribution is 0.101. The van der Waals surface area contributed by atoms with Crippen molar-refractivity contribution < 1.29 is 19.4 Å². The van der Waals surface area contributed by atoms with Crippen molar-refractivity contribution in [2.75, 3.05) is 38.4 Å². The quantitative estimate of drug-likeness (QED) is 0.259. The van der Waals surface area contributed by atoms with Crippen molar-refractivity contribution >= 4 is 34.8 Å². The van der Waals surface area contributed by atoms with Crippen molar-refractivity contribution in [3.63, 3.8) is 0 Å². The van der Waals surface area contributed by atoms with E-state index < -0.39 is 11.8 Å². The summed E-state index contributed by atoms with van der Waals surface area (Å²) in [6.45, 7) is 1.18. The van der Waals surface area contributed by atoms with Gasteiger partial charge in [0.1, 0.15) is 17.2 Å². The predicted molar refractivity (Wildman–Crippen MR) is 155 cm³/mol. The van der Waals surface area contributed by atoms with E-state index in [-0.39, 0.29) is 33.3 Å². The normalized spacial score (nSPS) is 10.8. The number of aromatic hydroxyl groups is 1. The lowest BCUT2D eigenvalue weighted by Crippen LogP contribution is -2.27. The second kappa shape index (κ2) is 12.5. The maximum atomic E-state index is 13.1. The van der Waals surface area contributed by atoms with Gasteiger partial charge in [0.15, 0.2) is 0 Å². The molecule has 1 heterocycles. The summed E-state index contributed by atoms with van der Waals surface area (Å²) in [5, 5.41) is 16.0. The number of rotatable bonds is 9. The highest BCUT2D eigenvalue weighted by molar-refractivity contribution is 6.31. The third-order valence-electron chi connectivity index (χ3n) is 6.07. The fraction of sp³-hybridized carbons (Fsp3) is 0.172. The molecule has 4 rings (SSSR count). The smallest absolute Gasteiger partial charge is 0.261 e. The molecule has 0 aliphatic carbocycles. The van der Waals surface area contributed by atoms with Gasteiger partial charge in [-0.2, -0.15) is 0 Å². The molecule has 40 heavy (non-hydrogen) atoms. The first-order chi connectivity index (χ1) is 19.2. The first-order valence-corrected chi connectivity index (χ1v) is 12.6. The molecule has 0 fully saturated rings. The Hall–Kier alpha value is -4.67. The van der Waals surface area contributed by atoms with E-state index in [4.69, 9.17) is 16.3 Å². The number of benzene rings is 3. The summed E-state index contributed by atoms with van der Waals surface area (Å²) in [5.74, 6) is -0.749. The van der Waals surface area contributed by atoms with Gasteiger partial charge >= 0.3 is 0 Å². The molecule has 10 nitrogen and oxygen atoms in total. The van der Waals surface area contributed by atoms with Crippen LogP contribution < -0.4 is 20.9 Å². The van der Waals surface area contributed by atoms with Crippen LogP contribution in [0.3, 0.4) is 0 Å². The number of halogens is 1. The number of likely N-dealkylation sites (N-methyl/N-ethyl adjacent to an activating group) is 1. The van der Waals surface area contributed by atoms with Crippen molar-refractivity contribution in [3.8, 4) is 22.6 Å². The van der Waals surface area contributed by atoms with E-state index in [0.29, 0.717) is 35.5 Å². The van der Waals surface area contributed by atoms with Crippen LogP contribution in [0.5, 0.6) is 11.5 Å². The van der Waals surface area contributed by atoms with Gasteiger partial charge in [-0.15, -0.1) is 0 Å². The van der Waals surface area contributed by atoms with Gasteiger partial charge < -0.3 is 25.4 Å². The van der Waals surface area contributed by atoms with E-state index >= 15 is 0 Å². The number of nitrogens with zero attached hydrogens (tertiary/aromatic N) is 3. The van der Waals surface area contributed by atoms with Crippen molar-refractivity contribution in [1.29, 1.82) is 0 Å². The van der Waals surface area contributed by atoms with E-state index in [0.717, 1.165) is 0 Å². The molecule has 4 aromatic rings. The van der Waals surface area contributed by atoms with Crippen LogP contribution in [0.25, 0.3) is 11.1 Å². The molecule has 0 saturated heterocycles. The Morgan fingerprint density at radius 1 is 1.00 bits per heavy atom. The van der Waals surface area contributed by atoms with Crippen LogP contribution in [-0.4, -0.2) is 59.1 Å². The van der Waals surface area contributed by atoms with Crippen LogP contribution in [0, 0.1) is 0 Å². The van der Waals surface area contributed by atoms with Gasteiger partial charge in [-0.1, -0.05) is 23.7 Å².